The fourth-order valence-electron chi connectivity index (χ4n) is 2.22. The SMILES string of the molecule is CC1(Cc2ccncc2)CCCCN1. The molecule has 0 aromatic carbocycles. The number of hydrogen-bond acceptors (Lipinski definition) is 2. The minimum absolute atomic E-state index is 0.305. The van der Waals surface area contributed by atoms with Crippen molar-refractivity contribution in [1.82, 2.24) is 10.3 Å². The molecule has 0 radical (unpaired) electrons. The van der Waals surface area contributed by atoms with E-state index < -0.39 is 0 Å². The van der Waals surface area contributed by atoms with Crippen LogP contribution in [0, 0.1) is 0 Å². The fourth-order valence-corrected chi connectivity index (χ4v) is 2.22. The van der Waals surface area contributed by atoms with E-state index in [-0.39, 0.29) is 0 Å². The summed E-state index contributed by atoms with van der Waals surface area (Å²) in [5, 5.41) is 3.62. The van der Waals surface area contributed by atoms with Gasteiger partial charge in [-0.2, -0.15) is 0 Å². The van der Waals surface area contributed by atoms with Crippen LogP contribution in [0.4, 0.5) is 0 Å². The molecular formula is C12H18N2. The van der Waals surface area contributed by atoms with Crippen molar-refractivity contribution in [3.63, 3.8) is 0 Å². The standard InChI is InChI=1S/C12H18N2/c1-12(6-2-3-7-14-12)10-11-4-8-13-9-5-11/h4-5,8-9,14H,2-3,6-7,10H2,1H3. The average Bonchev–Trinajstić information content (AvgIpc) is 2.19. The molecule has 1 fully saturated rings. The zero-order chi connectivity index (χ0) is 9.86. The number of nitrogens with zero attached hydrogens (tertiary/aromatic N) is 1. The molecule has 14 heavy (non-hydrogen) atoms. The van der Waals surface area contributed by atoms with E-state index >= 15 is 0 Å². The summed E-state index contributed by atoms with van der Waals surface area (Å²) in [5.74, 6) is 0. The van der Waals surface area contributed by atoms with E-state index in [4.69, 9.17) is 0 Å². The molecule has 2 rings (SSSR count). The van der Waals surface area contributed by atoms with E-state index in [2.05, 4.69) is 29.4 Å². The molecule has 1 atom stereocenters. The molecule has 0 aliphatic carbocycles. The van der Waals surface area contributed by atoms with Gasteiger partial charge in [0, 0.05) is 17.9 Å². The van der Waals surface area contributed by atoms with Crippen LogP contribution >= 0.6 is 0 Å². The second-order valence-corrected chi connectivity index (χ2v) is 4.48. The van der Waals surface area contributed by atoms with E-state index in [9.17, 15) is 0 Å². The summed E-state index contributed by atoms with van der Waals surface area (Å²) in [7, 11) is 0. The maximum atomic E-state index is 4.04. The highest BCUT2D eigenvalue weighted by Gasteiger charge is 2.25. The van der Waals surface area contributed by atoms with Gasteiger partial charge in [0.05, 0.1) is 0 Å². The molecule has 2 nitrogen and oxygen atoms in total. The van der Waals surface area contributed by atoms with Crippen molar-refractivity contribution in [2.24, 2.45) is 0 Å². The summed E-state index contributed by atoms with van der Waals surface area (Å²) < 4.78 is 0. The van der Waals surface area contributed by atoms with Crippen molar-refractivity contribution in [2.45, 2.75) is 38.1 Å². The van der Waals surface area contributed by atoms with Crippen molar-refractivity contribution in [3.05, 3.63) is 30.1 Å². The van der Waals surface area contributed by atoms with Gasteiger partial charge in [-0.05, 0) is 50.4 Å². The van der Waals surface area contributed by atoms with E-state index in [1.165, 1.54) is 31.4 Å². The number of piperidine rings is 1. The average molecular weight is 190 g/mol. The van der Waals surface area contributed by atoms with Gasteiger partial charge in [-0.15, -0.1) is 0 Å². The first-order chi connectivity index (χ1) is 6.79. The van der Waals surface area contributed by atoms with Crippen LogP contribution in [0.1, 0.15) is 31.7 Å². The minimum atomic E-state index is 0.305. The predicted octanol–water partition coefficient (Wildman–Crippen LogP) is 2.16. The van der Waals surface area contributed by atoms with Gasteiger partial charge < -0.3 is 5.32 Å². The summed E-state index contributed by atoms with van der Waals surface area (Å²) in [6.07, 6.45) is 8.84. The van der Waals surface area contributed by atoms with Crippen LogP contribution in [0.25, 0.3) is 0 Å². The van der Waals surface area contributed by atoms with Crippen LogP contribution in [-0.4, -0.2) is 17.1 Å². The fraction of sp³-hybridized carbons (Fsp3) is 0.583. The second-order valence-electron chi connectivity index (χ2n) is 4.48. The molecule has 1 N–H and O–H groups in total. The Morgan fingerprint density at radius 2 is 2.14 bits per heavy atom. The van der Waals surface area contributed by atoms with Crippen molar-refractivity contribution in [2.75, 3.05) is 6.54 Å². The molecule has 1 unspecified atom stereocenters. The maximum absolute atomic E-state index is 4.04. The van der Waals surface area contributed by atoms with Crippen molar-refractivity contribution >= 4 is 0 Å². The molecule has 76 valence electrons. The third-order valence-electron chi connectivity index (χ3n) is 3.05. The molecule has 1 saturated heterocycles. The largest absolute Gasteiger partial charge is 0.311 e. The Labute approximate surface area is 85.7 Å². The molecule has 2 heteroatoms. The van der Waals surface area contributed by atoms with Crippen molar-refractivity contribution in [1.29, 1.82) is 0 Å². The number of nitrogens with one attached hydrogen (secondary N) is 1. The van der Waals surface area contributed by atoms with Crippen LogP contribution < -0.4 is 5.32 Å². The second kappa shape index (κ2) is 4.09. The first kappa shape index (κ1) is 9.66. The molecule has 0 spiro atoms. The van der Waals surface area contributed by atoms with Gasteiger partial charge in [-0.3, -0.25) is 4.98 Å². The van der Waals surface area contributed by atoms with Crippen molar-refractivity contribution in [3.8, 4) is 0 Å². The van der Waals surface area contributed by atoms with E-state index in [0.717, 1.165) is 6.42 Å². The Balaban J connectivity index is 2.02. The lowest BCUT2D eigenvalue weighted by Gasteiger charge is -2.35. The highest BCUT2D eigenvalue weighted by atomic mass is 15.0. The normalized spacial score (nSPS) is 27.5. The Morgan fingerprint density at radius 3 is 2.79 bits per heavy atom. The van der Waals surface area contributed by atoms with Gasteiger partial charge in [0.25, 0.3) is 0 Å². The monoisotopic (exact) mass is 190 g/mol. The smallest absolute Gasteiger partial charge is 0.0270 e. The molecule has 0 saturated carbocycles. The molecular weight excluding hydrogens is 172 g/mol. The van der Waals surface area contributed by atoms with Crippen LogP contribution in [0.5, 0.6) is 0 Å². The Kier molecular flexibility index (Phi) is 2.82. The van der Waals surface area contributed by atoms with Gasteiger partial charge in [-0.1, -0.05) is 6.42 Å². The summed E-state index contributed by atoms with van der Waals surface area (Å²) in [6, 6.07) is 4.23. The number of rotatable bonds is 2. The van der Waals surface area contributed by atoms with E-state index in [1.54, 1.807) is 0 Å². The zero-order valence-corrected chi connectivity index (χ0v) is 8.79. The number of aromatic nitrogens is 1. The lowest BCUT2D eigenvalue weighted by Crippen LogP contribution is -2.47. The Morgan fingerprint density at radius 1 is 1.36 bits per heavy atom. The van der Waals surface area contributed by atoms with Crippen LogP contribution in [0.2, 0.25) is 0 Å². The molecule has 1 aromatic rings. The lowest BCUT2D eigenvalue weighted by atomic mass is 9.85. The van der Waals surface area contributed by atoms with Gasteiger partial charge in [0.15, 0.2) is 0 Å². The minimum Gasteiger partial charge on any atom is -0.311 e. The molecule has 1 aliphatic rings. The molecule has 2 heterocycles. The topological polar surface area (TPSA) is 24.9 Å². The molecule has 1 aliphatic heterocycles. The van der Waals surface area contributed by atoms with E-state index in [1.807, 2.05) is 12.4 Å². The highest BCUT2D eigenvalue weighted by Crippen LogP contribution is 2.22. The highest BCUT2D eigenvalue weighted by molar-refractivity contribution is 5.14. The van der Waals surface area contributed by atoms with Gasteiger partial charge in [0.1, 0.15) is 0 Å². The van der Waals surface area contributed by atoms with Gasteiger partial charge in [-0.25, -0.2) is 0 Å². The third kappa shape index (κ3) is 2.32. The van der Waals surface area contributed by atoms with Crippen LogP contribution in [0.15, 0.2) is 24.5 Å². The quantitative estimate of drug-likeness (QED) is 0.773. The number of hydrogen-bond donors (Lipinski definition) is 1. The van der Waals surface area contributed by atoms with Crippen LogP contribution in [0.3, 0.4) is 0 Å². The molecule has 0 bridgehead atoms. The van der Waals surface area contributed by atoms with Gasteiger partial charge >= 0.3 is 0 Å². The summed E-state index contributed by atoms with van der Waals surface area (Å²) in [4.78, 5) is 4.04. The Hall–Kier alpha value is -0.890. The predicted molar refractivity (Wildman–Crippen MR) is 58.2 cm³/mol. The zero-order valence-electron chi connectivity index (χ0n) is 8.79. The molecule has 0 amide bonds. The number of pyridine rings is 1. The maximum Gasteiger partial charge on any atom is 0.0270 e. The third-order valence-corrected chi connectivity index (χ3v) is 3.05. The summed E-state index contributed by atoms with van der Waals surface area (Å²) >= 11 is 0. The van der Waals surface area contributed by atoms with Gasteiger partial charge in [0.2, 0.25) is 0 Å². The van der Waals surface area contributed by atoms with Crippen molar-refractivity contribution < 1.29 is 0 Å². The Bertz CT molecular complexity index is 276. The van der Waals surface area contributed by atoms with E-state index in [0.29, 0.717) is 5.54 Å². The van der Waals surface area contributed by atoms with Crippen LogP contribution in [-0.2, 0) is 6.42 Å². The lowest BCUT2D eigenvalue weighted by molar-refractivity contribution is 0.276. The first-order valence-corrected chi connectivity index (χ1v) is 5.42. The summed E-state index contributed by atoms with van der Waals surface area (Å²) in [6.45, 7) is 3.49. The molecule has 1 aromatic heterocycles. The first-order valence-electron chi connectivity index (χ1n) is 5.42. The summed E-state index contributed by atoms with van der Waals surface area (Å²) in [5.41, 5.74) is 1.69.